The van der Waals surface area contributed by atoms with Gasteiger partial charge in [0, 0.05) is 25.2 Å². The van der Waals surface area contributed by atoms with Crippen LogP contribution in [0.3, 0.4) is 0 Å². The van der Waals surface area contributed by atoms with E-state index in [4.69, 9.17) is 0 Å². The van der Waals surface area contributed by atoms with Crippen LogP contribution in [0.5, 0.6) is 0 Å². The van der Waals surface area contributed by atoms with Gasteiger partial charge in [-0.1, -0.05) is 12.1 Å². The van der Waals surface area contributed by atoms with Gasteiger partial charge < -0.3 is 10.2 Å². The Bertz CT molecular complexity index is 1350. The highest BCUT2D eigenvalue weighted by Crippen LogP contribution is 2.30. The first-order chi connectivity index (χ1) is 14.2. The molecular weight excluding hydrogens is 407 g/mol. The third-order valence-corrected chi connectivity index (χ3v) is 5.90. The third kappa shape index (κ3) is 3.69. The normalized spacial score (nSPS) is 11.6. The highest BCUT2D eigenvalue weighted by molar-refractivity contribution is 7.90. The number of aromatic nitrogens is 4. The fraction of sp³-hybridized carbons (Fsp3) is 0.150. The maximum Gasteiger partial charge on any atom is 0.229 e. The zero-order valence-corrected chi connectivity index (χ0v) is 17.3. The molecule has 4 rings (SSSR count). The van der Waals surface area contributed by atoms with Crippen molar-refractivity contribution in [1.82, 2.24) is 20.2 Å². The number of aryl methyl sites for hydroxylation is 1. The van der Waals surface area contributed by atoms with E-state index >= 15 is 0 Å². The molecule has 154 valence electrons. The molecule has 0 atom stereocenters. The van der Waals surface area contributed by atoms with Gasteiger partial charge in [0.05, 0.1) is 15.8 Å². The van der Waals surface area contributed by atoms with Gasteiger partial charge in [-0.25, -0.2) is 17.8 Å². The second kappa shape index (κ2) is 7.38. The van der Waals surface area contributed by atoms with Gasteiger partial charge in [0.2, 0.25) is 5.95 Å². The second-order valence-electron chi connectivity index (χ2n) is 6.88. The number of fused-ring (bicyclic) bond motifs is 1. The standard InChI is InChI=1S/C20H19FN6O2S/c1-12-7-8-13(11-16(12)30(3,28)29)23-20-22-10-9-17(24-20)27(2)19-18-14(21)5-4-6-15(18)25-26-19/h4-11H,1-3H3,(H,25,26)(H,22,23,24). The molecule has 30 heavy (non-hydrogen) atoms. The summed E-state index contributed by atoms with van der Waals surface area (Å²) in [5, 5.41) is 10.4. The van der Waals surface area contributed by atoms with Crippen LogP contribution >= 0.6 is 0 Å². The van der Waals surface area contributed by atoms with Gasteiger partial charge in [-0.05, 0) is 42.8 Å². The summed E-state index contributed by atoms with van der Waals surface area (Å²) in [4.78, 5) is 10.5. The molecule has 2 aromatic carbocycles. The SMILES string of the molecule is Cc1ccc(Nc2nccc(N(C)c3n[nH]c4cccc(F)c34)n2)cc1S(C)(=O)=O. The predicted octanol–water partition coefficient (Wildman–Crippen LogP) is 3.72. The van der Waals surface area contributed by atoms with Crippen LogP contribution in [0.2, 0.25) is 0 Å². The summed E-state index contributed by atoms with van der Waals surface area (Å²) in [6.07, 6.45) is 2.72. The van der Waals surface area contributed by atoms with E-state index in [1.54, 1.807) is 61.5 Å². The molecule has 4 aromatic rings. The Labute approximate surface area is 172 Å². The quantitative estimate of drug-likeness (QED) is 0.501. The van der Waals surface area contributed by atoms with Crippen LogP contribution in [0, 0.1) is 12.7 Å². The minimum atomic E-state index is -3.36. The van der Waals surface area contributed by atoms with Gasteiger partial charge in [-0.3, -0.25) is 5.10 Å². The van der Waals surface area contributed by atoms with Gasteiger partial charge in [-0.2, -0.15) is 10.1 Å². The van der Waals surface area contributed by atoms with Crippen LogP contribution in [-0.4, -0.2) is 41.9 Å². The molecule has 10 heteroatoms. The third-order valence-electron chi connectivity index (χ3n) is 4.67. The molecule has 0 spiro atoms. The minimum Gasteiger partial charge on any atom is -0.324 e. The molecule has 2 N–H and O–H groups in total. The topological polar surface area (TPSA) is 104 Å². The first kappa shape index (κ1) is 19.8. The highest BCUT2D eigenvalue weighted by Gasteiger charge is 2.17. The molecule has 0 bridgehead atoms. The van der Waals surface area contributed by atoms with Crippen molar-refractivity contribution in [1.29, 1.82) is 0 Å². The van der Waals surface area contributed by atoms with Crippen molar-refractivity contribution in [2.24, 2.45) is 0 Å². The van der Waals surface area contributed by atoms with E-state index in [2.05, 4.69) is 25.5 Å². The molecule has 0 aliphatic rings. The number of aromatic amines is 1. The van der Waals surface area contributed by atoms with E-state index in [0.29, 0.717) is 33.8 Å². The molecule has 0 saturated heterocycles. The minimum absolute atomic E-state index is 0.235. The maximum atomic E-state index is 14.3. The summed E-state index contributed by atoms with van der Waals surface area (Å²) >= 11 is 0. The number of H-pyrrole nitrogens is 1. The lowest BCUT2D eigenvalue weighted by Gasteiger charge is -2.17. The summed E-state index contributed by atoms with van der Waals surface area (Å²) in [7, 11) is -1.64. The average Bonchev–Trinajstić information content (AvgIpc) is 3.14. The lowest BCUT2D eigenvalue weighted by Crippen LogP contribution is -2.13. The van der Waals surface area contributed by atoms with Crippen molar-refractivity contribution in [2.45, 2.75) is 11.8 Å². The Kier molecular flexibility index (Phi) is 4.86. The van der Waals surface area contributed by atoms with Crippen molar-refractivity contribution in [3.63, 3.8) is 0 Å². The summed E-state index contributed by atoms with van der Waals surface area (Å²) < 4.78 is 38.2. The smallest absolute Gasteiger partial charge is 0.229 e. The first-order valence-corrected chi connectivity index (χ1v) is 10.9. The van der Waals surface area contributed by atoms with Crippen molar-refractivity contribution >= 4 is 44.0 Å². The summed E-state index contributed by atoms with van der Waals surface area (Å²) in [5.41, 5.74) is 1.78. The Morgan fingerprint density at radius 1 is 1.17 bits per heavy atom. The van der Waals surface area contributed by atoms with Crippen LogP contribution in [0.4, 0.5) is 27.7 Å². The number of anilines is 4. The predicted molar refractivity (Wildman–Crippen MR) is 114 cm³/mol. The van der Waals surface area contributed by atoms with Gasteiger partial charge in [0.25, 0.3) is 0 Å². The maximum absolute atomic E-state index is 14.3. The molecule has 0 amide bonds. The number of halogens is 1. The molecule has 0 aliphatic carbocycles. The number of hydrogen-bond donors (Lipinski definition) is 2. The number of hydrogen-bond acceptors (Lipinski definition) is 7. The summed E-state index contributed by atoms with van der Waals surface area (Å²) in [6.45, 7) is 1.74. The molecule has 0 unspecified atom stereocenters. The fourth-order valence-corrected chi connectivity index (χ4v) is 4.16. The number of sulfone groups is 1. The lowest BCUT2D eigenvalue weighted by atomic mass is 10.2. The van der Waals surface area contributed by atoms with Gasteiger partial charge in [0.15, 0.2) is 15.7 Å². The Hall–Kier alpha value is -3.53. The number of benzene rings is 2. The number of nitrogens with zero attached hydrogens (tertiary/aromatic N) is 4. The van der Waals surface area contributed by atoms with E-state index in [1.165, 1.54) is 12.3 Å². The van der Waals surface area contributed by atoms with Gasteiger partial charge in [0.1, 0.15) is 11.6 Å². The van der Waals surface area contributed by atoms with Crippen LogP contribution in [0.15, 0.2) is 53.6 Å². The van der Waals surface area contributed by atoms with E-state index in [9.17, 15) is 12.8 Å². The Morgan fingerprint density at radius 2 is 1.97 bits per heavy atom. The molecule has 8 nitrogen and oxygen atoms in total. The van der Waals surface area contributed by atoms with Crippen LogP contribution < -0.4 is 10.2 Å². The fourth-order valence-electron chi connectivity index (χ4n) is 3.17. The molecule has 2 heterocycles. The zero-order chi connectivity index (χ0) is 21.5. The average molecular weight is 426 g/mol. The molecule has 0 aliphatic heterocycles. The molecule has 0 fully saturated rings. The van der Waals surface area contributed by atoms with E-state index in [0.717, 1.165) is 0 Å². The summed E-state index contributed by atoms with van der Waals surface area (Å²) in [6, 6.07) is 11.4. The highest BCUT2D eigenvalue weighted by atomic mass is 32.2. The summed E-state index contributed by atoms with van der Waals surface area (Å²) in [5.74, 6) is 0.758. The first-order valence-electron chi connectivity index (χ1n) is 9.01. The lowest BCUT2D eigenvalue weighted by molar-refractivity contribution is 0.601. The van der Waals surface area contributed by atoms with Crippen molar-refractivity contribution in [3.05, 3.63) is 60.0 Å². The van der Waals surface area contributed by atoms with E-state index in [1.807, 2.05) is 0 Å². The van der Waals surface area contributed by atoms with E-state index < -0.39 is 9.84 Å². The van der Waals surface area contributed by atoms with Crippen molar-refractivity contribution in [3.8, 4) is 0 Å². The van der Waals surface area contributed by atoms with Gasteiger partial charge in [-0.15, -0.1) is 0 Å². The van der Waals surface area contributed by atoms with Crippen molar-refractivity contribution in [2.75, 3.05) is 23.5 Å². The van der Waals surface area contributed by atoms with Crippen LogP contribution in [0.25, 0.3) is 10.9 Å². The second-order valence-corrected chi connectivity index (χ2v) is 8.87. The van der Waals surface area contributed by atoms with Crippen LogP contribution in [0.1, 0.15) is 5.56 Å². The number of rotatable bonds is 5. The largest absolute Gasteiger partial charge is 0.324 e. The van der Waals surface area contributed by atoms with E-state index in [-0.39, 0.29) is 16.7 Å². The Balaban J connectivity index is 1.66. The molecule has 2 aromatic heterocycles. The monoisotopic (exact) mass is 426 g/mol. The molecule has 0 radical (unpaired) electrons. The van der Waals surface area contributed by atoms with Crippen LogP contribution in [-0.2, 0) is 9.84 Å². The van der Waals surface area contributed by atoms with Gasteiger partial charge >= 0.3 is 0 Å². The number of nitrogens with one attached hydrogen (secondary N) is 2. The molecular formula is C20H19FN6O2S. The molecule has 0 saturated carbocycles. The van der Waals surface area contributed by atoms with Crippen molar-refractivity contribution < 1.29 is 12.8 Å². The zero-order valence-electron chi connectivity index (χ0n) is 16.5. The Morgan fingerprint density at radius 3 is 2.73 bits per heavy atom.